The number of rotatable bonds is 9. The summed E-state index contributed by atoms with van der Waals surface area (Å²) in [7, 11) is 4.61. The molecule has 2 aromatic rings. The Morgan fingerprint density at radius 1 is 0.963 bits per heavy atom. The first-order valence-corrected chi connectivity index (χ1v) is 8.34. The predicted octanol–water partition coefficient (Wildman–Crippen LogP) is 2.48. The van der Waals surface area contributed by atoms with Crippen LogP contribution in [-0.2, 0) is 11.2 Å². The molecule has 2 aromatic carbocycles. The van der Waals surface area contributed by atoms with Gasteiger partial charge in [0, 0.05) is 12.1 Å². The zero-order valence-corrected chi connectivity index (χ0v) is 15.6. The standard InChI is InChI=1S/C20H23NO6/c1-25-16-6-4-5-15(12-16)20(24)21(13-19(22)23)10-9-14-7-8-17(26-2)18(11-14)27-3/h4-8,11-12H,9-10,13H2,1-3H3,(H,22,23). The lowest BCUT2D eigenvalue weighted by atomic mass is 10.1. The lowest BCUT2D eigenvalue weighted by molar-refractivity contribution is -0.137. The van der Waals surface area contributed by atoms with Crippen LogP contribution < -0.4 is 14.2 Å². The second-order valence-corrected chi connectivity index (χ2v) is 5.79. The molecule has 0 aliphatic rings. The molecule has 0 aromatic heterocycles. The first kappa shape index (κ1) is 20.1. The Morgan fingerprint density at radius 3 is 2.33 bits per heavy atom. The average molecular weight is 373 g/mol. The first-order valence-electron chi connectivity index (χ1n) is 8.34. The van der Waals surface area contributed by atoms with Crippen LogP contribution >= 0.6 is 0 Å². The number of amides is 1. The summed E-state index contributed by atoms with van der Waals surface area (Å²) >= 11 is 0. The molecule has 1 N–H and O–H groups in total. The van der Waals surface area contributed by atoms with Crippen LogP contribution in [0.25, 0.3) is 0 Å². The van der Waals surface area contributed by atoms with Crippen molar-refractivity contribution in [2.45, 2.75) is 6.42 Å². The Labute approximate surface area is 158 Å². The Morgan fingerprint density at radius 2 is 1.70 bits per heavy atom. The van der Waals surface area contributed by atoms with Gasteiger partial charge < -0.3 is 24.2 Å². The van der Waals surface area contributed by atoms with E-state index in [2.05, 4.69) is 0 Å². The van der Waals surface area contributed by atoms with E-state index in [-0.39, 0.29) is 19.0 Å². The Balaban J connectivity index is 2.16. The van der Waals surface area contributed by atoms with Gasteiger partial charge in [0.2, 0.25) is 0 Å². The summed E-state index contributed by atoms with van der Waals surface area (Å²) < 4.78 is 15.6. The monoisotopic (exact) mass is 373 g/mol. The highest BCUT2D eigenvalue weighted by molar-refractivity contribution is 5.96. The fourth-order valence-corrected chi connectivity index (χ4v) is 2.65. The van der Waals surface area contributed by atoms with Crippen LogP contribution in [0, 0.1) is 0 Å². The maximum atomic E-state index is 12.8. The van der Waals surface area contributed by atoms with Crippen molar-refractivity contribution >= 4 is 11.9 Å². The van der Waals surface area contributed by atoms with Gasteiger partial charge in [0.25, 0.3) is 5.91 Å². The molecule has 0 atom stereocenters. The van der Waals surface area contributed by atoms with E-state index in [9.17, 15) is 14.7 Å². The zero-order valence-electron chi connectivity index (χ0n) is 15.6. The number of ether oxygens (including phenoxy) is 3. The van der Waals surface area contributed by atoms with Crippen molar-refractivity contribution in [1.82, 2.24) is 4.90 Å². The van der Waals surface area contributed by atoms with Gasteiger partial charge >= 0.3 is 5.97 Å². The number of carboxylic acids is 1. The molecule has 144 valence electrons. The molecule has 0 fully saturated rings. The number of carbonyl (C=O) groups is 2. The van der Waals surface area contributed by atoms with Gasteiger partial charge in [0.15, 0.2) is 11.5 Å². The van der Waals surface area contributed by atoms with E-state index >= 15 is 0 Å². The topological polar surface area (TPSA) is 85.3 Å². The molecule has 0 unspecified atom stereocenters. The highest BCUT2D eigenvalue weighted by atomic mass is 16.5. The van der Waals surface area contributed by atoms with Gasteiger partial charge in [-0.1, -0.05) is 12.1 Å². The smallest absolute Gasteiger partial charge is 0.323 e. The molecule has 0 saturated carbocycles. The number of hydrogen-bond donors (Lipinski definition) is 1. The van der Waals surface area contributed by atoms with Crippen LogP contribution in [0.1, 0.15) is 15.9 Å². The van der Waals surface area contributed by atoms with Gasteiger partial charge in [-0.15, -0.1) is 0 Å². The van der Waals surface area contributed by atoms with Crippen LogP contribution in [0.5, 0.6) is 17.2 Å². The van der Waals surface area contributed by atoms with E-state index in [1.807, 2.05) is 12.1 Å². The van der Waals surface area contributed by atoms with Crippen molar-refractivity contribution in [1.29, 1.82) is 0 Å². The molecule has 2 rings (SSSR count). The van der Waals surface area contributed by atoms with Crippen LogP contribution in [0.3, 0.4) is 0 Å². The van der Waals surface area contributed by atoms with E-state index in [0.717, 1.165) is 5.56 Å². The Hall–Kier alpha value is -3.22. The molecule has 0 radical (unpaired) electrons. The van der Waals surface area contributed by atoms with Gasteiger partial charge in [0.05, 0.1) is 21.3 Å². The van der Waals surface area contributed by atoms with Gasteiger partial charge in [-0.05, 0) is 42.3 Å². The molecular formula is C20H23NO6. The van der Waals surface area contributed by atoms with E-state index in [1.54, 1.807) is 44.6 Å². The zero-order chi connectivity index (χ0) is 19.8. The van der Waals surface area contributed by atoms with E-state index in [4.69, 9.17) is 14.2 Å². The van der Waals surface area contributed by atoms with Gasteiger partial charge in [0.1, 0.15) is 12.3 Å². The number of benzene rings is 2. The molecule has 0 saturated heterocycles. The first-order chi connectivity index (χ1) is 13.0. The summed E-state index contributed by atoms with van der Waals surface area (Å²) in [5.74, 6) is 0.293. The van der Waals surface area contributed by atoms with Crippen molar-refractivity contribution in [3.63, 3.8) is 0 Å². The van der Waals surface area contributed by atoms with E-state index in [1.165, 1.54) is 12.0 Å². The average Bonchev–Trinajstić information content (AvgIpc) is 2.70. The van der Waals surface area contributed by atoms with Gasteiger partial charge in [-0.3, -0.25) is 9.59 Å². The minimum atomic E-state index is -1.07. The van der Waals surface area contributed by atoms with Crippen molar-refractivity contribution in [2.75, 3.05) is 34.4 Å². The van der Waals surface area contributed by atoms with Crippen LogP contribution in [0.4, 0.5) is 0 Å². The van der Waals surface area contributed by atoms with Crippen molar-refractivity contribution in [2.24, 2.45) is 0 Å². The quantitative estimate of drug-likeness (QED) is 0.727. The highest BCUT2D eigenvalue weighted by Crippen LogP contribution is 2.27. The van der Waals surface area contributed by atoms with E-state index in [0.29, 0.717) is 29.2 Å². The normalized spacial score (nSPS) is 10.2. The maximum absolute atomic E-state index is 12.8. The lowest BCUT2D eigenvalue weighted by Gasteiger charge is -2.21. The number of hydrogen-bond acceptors (Lipinski definition) is 5. The summed E-state index contributed by atoms with van der Waals surface area (Å²) in [6.45, 7) is -0.138. The summed E-state index contributed by atoms with van der Waals surface area (Å²) in [6, 6.07) is 12.1. The van der Waals surface area contributed by atoms with Crippen LogP contribution in [0.15, 0.2) is 42.5 Å². The number of carboxylic acid groups (broad SMARTS) is 1. The molecule has 0 aliphatic carbocycles. The molecule has 27 heavy (non-hydrogen) atoms. The molecule has 7 nitrogen and oxygen atoms in total. The maximum Gasteiger partial charge on any atom is 0.323 e. The van der Waals surface area contributed by atoms with Crippen molar-refractivity contribution in [3.8, 4) is 17.2 Å². The van der Waals surface area contributed by atoms with Gasteiger partial charge in [-0.25, -0.2) is 0 Å². The molecule has 0 spiro atoms. The lowest BCUT2D eigenvalue weighted by Crippen LogP contribution is -2.37. The molecule has 1 amide bonds. The molecule has 0 heterocycles. The third-order valence-electron chi connectivity index (χ3n) is 4.05. The molecule has 7 heteroatoms. The third-order valence-corrected chi connectivity index (χ3v) is 4.05. The van der Waals surface area contributed by atoms with Crippen molar-refractivity contribution in [3.05, 3.63) is 53.6 Å². The fraction of sp³-hybridized carbons (Fsp3) is 0.300. The van der Waals surface area contributed by atoms with Gasteiger partial charge in [-0.2, -0.15) is 0 Å². The number of carbonyl (C=O) groups excluding carboxylic acids is 1. The number of aliphatic carboxylic acids is 1. The summed E-state index contributed by atoms with van der Waals surface area (Å²) in [4.78, 5) is 25.3. The van der Waals surface area contributed by atoms with Crippen LogP contribution in [-0.4, -0.2) is 56.3 Å². The van der Waals surface area contributed by atoms with Crippen LogP contribution in [0.2, 0.25) is 0 Å². The fourth-order valence-electron chi connectivity index (χ4n) is 2.65. The largest absolute Gasteiger partial charge is 0.497 e. The number of nitrogens with zero attached hydrogens (tertiary/aromatic N) is 1. The van der Waals surface area contributed by atoms with E-state index < -0.39 is 5.97 Å². The second-order valence-electron chi connectivity index (χ2n) is 5.79. The summed E-state index contributed by atoms with van der Waals surface area (Å²) in [5.41, 5.74) is 1.28. The Kier molecular flexibility index (Phi) is 7.05. The minimum Gasteiger partial charge on any atom is -0.497 e. The SMILES string of the molecule is COc1cccc(C(=O)N(CCc2ccc(OC)c(OC)c2)CC(=O)O)c1. The number of methoxy groups -OCH3 is 3. The summed E-state index contributed by atoms with van der Waals surface area (Å²) in [6.07, 6.45) is 0.476. The minimum absolute atomic E-state index is 0.248. The Bertz CT molecular complexity index is 805. The molecular weight excluding hydrogens is 350 g/mol. The second kappa shape index (κ2) is 9.47. The predicted molar refractivity (Wildman–Crippen MR) is 99.8 cm³/mol. The highest BCUT2D eigenvalue weighted by Gasteiger charge is 2.19. The molecule has 0 bridgehead atoms. The summed E-state index contributed by atoms with van der Waals surface area (Å²) in [5, 5.41) is 9.17. The van der Waals surface area contributed by atoms with Crippen molar-refractivity contribution < 1.29 is 28.9 Å². The molecule has 0 aliphatic heterocycles. The third kappa shape index (κ3) is 5.37.